The van der Waals surface area contributed by atoms with E-state index in [1.165, 1.54) is 0 Å². The second-order valence-electron chi connectivity index (χ2n) is 1.80. The normalized spacial score (nSPS) is 11.4. The predicted molar refractivity (Wildman–Crippen MR) is 35.8 cm³/mol. The molecule has 0 aliphatic heterocycles. The fourth-order valence-corrected chi connectivity index (χ4v) is 0.394. The Hall–Kier alpha value is -0.720. The van der Waals surface area contributed by atoms with Crippen molar-refractivity contribution in [2.75, 3.05) is 0 Å². The lowest BCUT2D eigenvalue weighted by molar-refractivity contribution is 0.464. The van der Waals surface area contributed by atoms with E-state index in [0.29, 0.717) is 0 Å². The van der Waals surface area contributed by atoms with Crippen molar-refractivity contribution < 1.29 is 5.11 Å². The number of aliphatic hydroxyl groups is 1. The molecule has 8 heavy (non-hydrogen) atoms. The minimum absolute atomic E-state index is 0.917. The van der Waals surface area contributed by atoms with Crippen LogP contribution in [0.1, 0.15) is 19.8 Å². The van der Waals surface area contributed by atoms with Gasteiger partial charge in [0.15, 0.2) is 0 Å². The molecule has 0 aliphatic rings. The molecule has 0 aromatic heterocycles. The molecule has 46 valence electrons. The van der Waals surface area contributed by atoms with Crippen molar-refractivity contribution in [2.45, 2.75) is 19.8 Å². The van der Waals surface area contributed by atoms with Gasteiger partial charge in [-0.2, -0.15) is 0 Å². The summed E-state index contributed by atoms with van der Waals surface area (Å²) in [4.78, 5) is 0. The Labute approximate surface area is 50.3 Å². The maximum atomic E-state index is 8.37. The minimum Gasteiger partial charge on any atom is -0.516 e. The first-order valence-corrected chi connectivity index (χ1v) is 2.72. The van der Waals surface area contributed by atoms with Crippen LogP contribution in [0.2, 0.25) is 0 Å². The lowest BCUT2D eigenvalue weighted by atomic mass is 10.2. The highest BCUT2D eigenvalue weighted by Gasteiger charge is 1.83. The first-order chi connectivity index (χ1) is 3.81. The van der Waals surface area contributed by atoms with Crippen LogP contribution in [0.4, 0.5) is 0 Å². The molecule has 1 nitrogen and oxygen atoms in total. The van der Waals surface area contributed by atoms with Crippen molar-refractivity contribution in [1.82, 2.24) is 0 Å². The van der Waals surface area contributed by atoms with Crippen molar-refractivity contribution in [3.8, 4) is 0 Å². The summed E-state index contributed by atoms with van der Waals surface area (Å²) in [5.74, 6) is 0. The lowest BCUT2D eigenvalue weighted by Crippen LogP contribution is -1.73. The molecule has 0 aromatic rings. The summed E-state index contributed by atoms with van der Waals surface area (Å²) < 4.78 is 0. The van der Waals surface area contributed by atoms with Gasteiger partial charge in [-0.1, -0.05) is 6.08 Å². The van der Waals surface area contributed by atoms with Crippen molar-refractivity contribution in [1.29, 1.82) is 0 Å². The van der Waals surface area contributed by atoms with Gasteiger partial charge in [0.1, 0.15) is 0 Å². The second-order valence-corrected chi connectivity index (χ2v) is 1.80. The smallest absolute Gasteiger partial charge is 0.0780 e. The highest BCUT2D eigenvalue weighted by Crippen LogP contribution is 2.01. The summed E-state index contributed by atoms with van der Waals surface area (Å²) in [5, 5.41) is 8.37. The maximum absolute atomic E-state index is 8.37. The molecule has 0 atom stereocenters. The van der Waals surface area contributed by atoms with Gasteiger partial charge in [0.25, 0.3) is 0 Å². The van der Waals surface area contributed by atoms with Crippen LogP contribution in [-0.2, 0) is 0 Å². The van der Waals surface area contributed by atoms with Crippen molar-refractivity contribution in [2.24, 2.45) is 0 Å². The lowest BCUT2D eigenvalue weighted by Gasteiger charge is -1.91. The first kappa shape index (κ1) is 7.28. The van der Waals surface area contributed by atoms with Crippen molar-refractivity contribution >= 4 is 0 Å². The zero-order valence-corrected chi connectivity index (χ0v) is 5.22. The Morgan fingerprint density at radius 3 is 2.75 bits per heavy atom. The largest absolute Gasteiger partial charge is 0.516 e. The van der Waals surface area contributed by atoms with E-state index < -0.39 is 0 Å². The van der Waals surface area contributed by atoms with E-state index >= 15 is 0 Å². The second kappa shape index (κ2) is 4.44. The van der Waals surface area contributed by atoms with Gasteiger partial charge >= 0.3 is 0 Å². The van der Waals surface area contributed by atoms with Crippen LogP contribution in [0, 0.1) is 0 Å². The van der Waals surface area contributed by atoms with E-state index in [1.807, 2.05) is 13.0 Å². The van der Waals surface area contributed by atoms with E-state index in [-0.39, 0.29) is 0 Å². The summed E-state index contributed by atoms with van der Waals surface area (Å²) in [5.41, 5.74) is 1.00. The zero-order chi connectivity index (χ0) is 6.41. The van der Waals surface area contributed by atoms with Gasteiger partial charge in [0.2, 0.25) is 0 Å². The van der Waals surface area contributed by atoms with Gasteiger partial charge in [0.05, 0.1) is 6.26 Å². The quantitative estimate of drug-likeness (QED) is 0.439. The molecule has 0 radical (unpaired) electrons. The van der Waals surface area contributed by atoms with E-state index in [1.54, 1.807) is 0 Å². The summed E-state index contributed by atoms with van der Waals surface area (Å²) in [7, 11) is 0. The Kier molecular flexibility index (Phi) is 4.04. The third kappa shape index (κ3) is 3.47. The third-order valence-corrected chi connectivity index (χ3v) is 0.963. The van der Waals surface area contributed by atoms with Crippen LogP contribution in [0.25, 0.3) is 0 Å². The molecule has 0 aromatic carbocycles. The summed E-state index contributed by atoms with van der Waals surface area (Å²) in [6.07, 6.45) is 4.85. The Morgan fingerprint density at radius 1 is 1.75 bits per heavy atom. The number of hydrogen-bond donors (Lipinski definition) is 1. The van der Waals surface area contributed by atoms with E-state index in [0.717, 1.165) is 24.7 Å². The van der Waals surface area contributed by atoms with Crippen LogP contribution >= 0.6 is 0 Å². The van der Waals surface area contributed by atoms with E-state index in [9.17, 15) is 0 Å². The molecule has 0 heterocycles. The third-order valence-electron chi connectivity index (χ3n) is 0.963. The van der Waals surface area contributed by atoms with Crippen LogP contribution in [0.5, 0.6) is 0 Å². The molecule has 0 rings (SSSR count). The molecule has 0 spiro atoms. The molecule has 0 saturated carbocycles. The molecule has 1 heteroatoms. The predicted octanol–water partition coefficient (Wildman–Crippen LogP) is 2.41. The molecule has 0 aliphatic carbocycles. The van der Waals surface area contributed by atoms with E-state index in [4.69, 9.17) is 5.11 Å². The zero-order valence-electron chi connectivity index (χ0n) is 5.22. The number of rotatable bonds is 3. The minimum atomic E-state index is 0.917. The topological polar surface area (TPSA) is 20.2 Å². The molecule has 0 fully saturated rings. The highest BCUT2D eigenvalue weighted by atomic mass is 16.2. The number of aliphatic hydroxyl groups excluding tert-OH is 1. The van der Waals surface area contributed by atoms with Crippen molar-refractivity contribution in [3.05, 3.63) is 24.5 Å². The van der Waals surface area contributed by atoms with Crippen LogP contribution in [0.15, 0.2) is 24.5 Å². The molecule has 0 amide bonds. The first-order valence-electron chi connectivity index (χ1n) is 2.72. The fraction of sp³-hybridized carbons (Fsp3) is 0.429. The van der Waals surface area contributed by atoms with Crippen LogP contribution < -0.4 is 0 Å². The molecule has 0 unspecified atom stereocenters. The molecule has 1 N–H and O–H groups in total. The highest BCUT2D eigenvalue weighted by molar-refractivity contribution is 4.93. The molecule has 0 saturated heterocycles. The Balaban J connectivity index is 3.24. The average molecular weight is 112 g/mol. The standard InChI is InChI=1S/C7H12O/c1-3-4-5-7(2)6-8/h3,6,8H,1,4-5H2,2H3/b7-6-. The Morgan fingerprint density at radius 2 is 2.38 bits per heavy atom. The monoisotopic (exact) mass is 112 g/mol. The van der Waals surface area contributed by atoms with Gasteiger partial charge < -0.3 is 5.11 Å². The summed E-state index contributed by atoms with van der Waals surface area (Å²) in [6, 6.07) is 0. The average Bonchev–Trinajstić information content (AvgIpc) is 1.83. The number of hydrogen-bond acceptors (Lipinski definition) is 1. The maximum Gasteiger partial charge on any atom is 0.0780 e. The molecule has 0 bridgehead atoms. The van der Waals surface area contributed by atoms with Crippen LogP contribution in [-0.4, -0.2) is 5.11 Å². The van der Waals surface area contributed by atoms with Gasteiger partial charge in [0, 0.05) is 0 Å². The molecular weight excluding hydrogens is 100 g/mol. The fourth-order valence-electron chi connectivity index (χ4n) is 0.394. The molecular formula is C7H12O. The van der Waals surface area contributed by atoms with Gasteiger partial charge in [-0.05, 0) is 25.3 Å². The van der Waals surface area contributed by atoms with Crippen molar-refractivity contribution in [3.63, 3.8) is 0 Å². The van der Waals surface area contributed by atoms with Gasteiger partial charge in [-0.3, -0.25) is 0 Å². The SMILES string of the molecule is C=CCC/C(C)=C\O. The summed E-state index contributed by atoms with van der Waals surface area (Å²) >= 11 is 0. The van der Waals surface area contributed by atoms with Crippen LogP contribution in [0.3, 0.4) is 0 Å². The van der Waals surface area contributed by atoms with Gasteiger partial charge in [-0.25, -0.2) is 0 Å². The van der Waals surface area contributed by atoms with E-state index in [2.05, 4.69) is 6.58 Å². The number of allylic oxidation sites excluding steroid dienone is 2. The summed E-state index contributed by atoms with van der Waals surface area (Å²) in [6.45, 7) is 5.45. The van der Waals surface area contributed by atoms with Gasteiger partial charge in [-0.15, -0.1) is 6.58 Å². The Bertz CT molecular complexity index is 92.6.